The first-order valence-corrected chi connectivity index (χ1v) is 6.24. The topological polar surface area (TPSA) is 95.1 Å². The number of ether oxygens (including phenoxy) is 1. The van der Waals surface area contributed by atoms with Gasteiger partial charge in [0.25, 0.3) is 5.91 Å². The molecule has 2 rings (SSSR count). The van der Waals surface area contributed by atoms with E-state index in [9.17, 15) is 4.79 Å². The van der Waals surface area contributed by atoms with Crippen LogP contribution in [0.1, 0.15) is 23.0 Å². The lowest BCUT2D eigenvalue weighted by molar-refractivity contribution is 0.0941. The van der Waals surface area contributed by atoms with Crippen molar-refractivity contribution in [2.24, 2.45) is 0 Å². The Balaban J connectivity index is 2.02. The third kappa shape index (κ3) is 2.87. The maximum absolute atomic E-state index is 12.1. The van der Waals surface area contributed by atoms with Crippen LogP contribution < -0.4 is 15.8 Å². The zero-order valence-electron chi connectivity index (χ0n) is 11.5. The Morgan fingerprint density at radius 2 is 2.25 bits per heavy atom. The smallest absolute Gasteiger partial charge is 0.271 e. The summed E-state index contributed by atoms with van der Waals surface area (Å²) in [6.07, 6.45) is 3.13. The molecule has 2 aromatic heterocycles. The number of nitrogens with zero attached hydrogens (tertiary/aromatic N) is 3. The van der Waals surface area contributed by atoms with Crippen LogP contribution in [0.5, 0.6) is 5.88 Å². The van der Waals surface area contributed by atoms with Crippen molar-refractivity contribution in [3.63, 3.8) is 0 Å². The SMILES string of the molecule is CCn1ncc(N)c1C(=O)NCc1ccc(OC)nc1. The molecule has 106 valence electrons. The lowest BCUT2D eigenvalue weighted by Gasteiger charge is -2.08. The number of amides is 1. The molecule has 0 atom stereocenters. The van der Waals surface area contributed by atoms with Crippen LogP contribution >= 0.6 is 0 Å². The molecule has 0 aliphatic carbocycles. The number of carbonyl (C=O) groups excluding carboxylic acids is 1. The van der Waals surface area contributed by atoms with Gasteiger partial charge in [-0.25, -0.2) is 4.98 Å². The van der Waals surface area contributed by atoms with Gasteiger partial charge < -0.3 is 15.8 Å². The molecule has 0 saturated carbocycles. The molecular formula is C13H17N5O2. The van der Waals surface area contributed by atoms with E-state index in [4.69, 9.17) is 10.5 Å². The Bertz CT molecular complexity index is 591. The Labute approximate surface area is 116 Å². The van der Waals surface area contributed by atoms with Gasteiger partial charge in [0.1, 0.15) is 5.69 Å². The normalized spacial score (nSPS) is 10.3. The van der Waals surface area contributed by atoms with Crippen LogP contribution in [0.15, 0.2) is 24.5 Å². The van der Waals surface area contributed by atoms with Gasteiger partial charge in [-0.15, -0.1) is 0 Å². The molecule has 0 saturated heterocycles. The van der Waals surface area contributed by atoms with E-state index in [1.807, 2.05) is 13.0 Å². The minimum atomic E-state index is -0.252. The highest BCUT2D eigenvalue weighted by Gasteiger charge is 2.15. The van der Waals surface area contributed by atoms with E-state index in [1.54, 1.807) is 24.1 Å². The minimum absolute atomic E-state index is 0.252. The van der Waals surface area contributed by atoms with Crippen molar-refractivity contribution >= 4 is 11.6 Å². The maximum Gasteiger partial charge on any atom is 0.271 e. The van der Waals surface area contributed by atoms with Crippen LogP contribution in [0.25, 0.3) is 0 Å². The molecular weight excluding hydrogens is 258 g/mol. The molecule has 2 heterocycles. The van der Waals surface area contributed by atoms with E-state index < -0.39 is 0 Å². The first-order valence-electron chi connectivity index (χ1n) is 6.24. The van der Waals surface area contributed by atoms with Gasteiger partial charge in [0.2, 0.25) is 5.88 Å². The Hall–Kier alpha value is -2.57. The van der Waals surface area contributed by atoms with E-state index in [0.29, 0.717) is 30.4 Å². The number of nitrogens with one attached hydrogen (secondary N) is 1. The highest BCUT2D eigenvalue weighted by molar-refractivity contribution is 5.97. The number of pyridine rings is 1. The standard InChI is InChI=1S/C13H17N5O2/c1-3-18-12(10(14)8-17-18)13(19)16-7-9-4-5-11(20-2)15-6-9/h4-6,8H,3,7,14H2,1-2H3,(H,16,19). The summed E-state index contributed by atoms with van der Waals surface area (Å²) in [6, 6.07) is 3.58. The van der Waals surface area contributed by atoms with E-state index in [1.165, 1.54) is 6.20 Å². The van der Waals surface area contributed by atoms with Gasteiger partial charge in [-0.1, -0.05) is 6.07 Å². The number of nitrogen functional groups attached to an aromatic ring is 1. The summed E-state index contributed by atoms with van der Waals surface area (Å²) in [6.45, 7) is 2.85. The fourth-order valence-corrected chi connectivity index (χ4v) is 1.79. The van der Waals surface area contributed by atoms with E-state index in [0.717, 1.165) is 5.56 Å². The summed E-state index contributed by atoms with van der Waals surface area (Å²) >= 11 is 0. The van der Waals surface area contributed by atoms with Crippen molar-refractivity contribution in [2.75, 3.05) is 12.8 Å². The second kappa shape index (κ2) is 6.05. The Morgan fingerprint density at radius 3 is 2.85 bits per heavy atom. The van der Waals surface area contributed by atoms with Crippen LogP contribution in [0.4, 0.5) is 5.69 Å². The molecule has 0 radical (unpaired) electrons. The number of nitrogens with two attached hydrogens (primary N) is 1. The molecule has 2 aromatic rings. The molecule has 0 spiro atoms. The van der Waals surface area contributed by atoms with Crippen LogP contribution in [-0.2, 0) is 13.1 Å². The van der Waals surface area contributed by atoms with Crippen LogP contribution in [0.2, 0.25) is 0 Å². The zero-order valence-corrected chi connectivity index (χ0v) is 11.5. The molecule has 7 nitrogen and oxygen atoms in total. The van der Waals surface area contributed by atoms with Gasteiger partial charge in [0.05, 0.1) is 19.0 Å². The predicted octanol–water partition coefficient (Wildman–Crippen LogP) is 0.819. The van der Waals surface area contributed by atoms with E-state index in [-0.39, 0.29) is 5.91 Å². The number of hydrogen-bond acceptors (Lipinski definition) is 5. The second-order valence-electron chi connectivity index (χ2n) is 4.16. The van der Waals surface area contributed by atoms with Gasteiger partial charge in [0.15, 0.2) is 0 Å². The molecule has 0 unspecified atom stereocenters. The number of hydrogen-bond donors (Lipinski definition) is 2. The highest BCUT2D eigenvalue weighted by Crippen LogP contribution is 2.11. The third-order valence-corrected chi connectivity index (χ3v) is 2.84. The fraction of sp³-hybridized carbons (Fsp3) is 0.308. The average Bonchev–Trinajstić information content (AvgIpc) is 2.86. The molecule has 0 bridgehead atoms. The number of rotatable bonds is 5. The lowest BCUT2D eigenvalue weighted by Crippen LogP contribution is -2.26. The zero-order chi connectivity index (χ0) is 14.5. The van der Waals surface area contributed by atoms with Gasteiger partial charge >= 0.3 is 0 Å². The average molecular weight is 275 g/mol. The first kappa shape index (κ1) is 13.9. The van der Waals surface area contributed by atoms with Gasteiger partial charge in [-0.3, -0.25) is 9.48 Å². The molecule has 1 amide bonds. The summed E-state index contributed by atoms with van der Waals surface area (Å²) in [7, 11) is 1.55. The summed E-state index contributed by atoms with van der Waals surface area (Å²) in [5.74, 6) is 0.283. The summed E-state index contributed by atoms with van der Waals surface area (Å²) < 4.78 is 6.54. The molecule has 20 heavy (non-hydrogen) atoms. The molecule has 0 aliphatic rings. The second-order valence-corrected chi connectivity index (χ2v) is 4.16. The summed E-state index contributed by atoms with van der Waals surface area (Å²) in [4.78, 5) is 16.2. The van der Waals surface area contributed by atoms with Crippen molar-refractivity contribution < 1.29 is 9.53 Å². The Kier molecular flexibility index (Phi) is 4.19. The number of anilines is 1. The van der Waals surface area contributed by atoms with Crippen LogP contribution in [-0.4, -0.2) is 27.8 Å². The van der Waals surface area contributed by atoms with Crippen molar-refractivity contribution in [3.05, 3.63) is 35.8 Å². The summed E-state index contributed by atoms with van der Waals surface area (Å²) in [5.41, 5.74) is 7.38. The molecule has 7 heteroatoms. The number of carbonyl (C=O) groups is 1. The largest absolute Gasteiger partial charge is 0.481 e. The van der Waals surface area contributed by atoms with Gasteiger partial charge in [-0.05, 0) is 12.5 Å². The number of aryl methyl sites for hydroxylation is 1. The first-order chi connectivity index (χ1) is 9.65. The molecule has 0 aromatic carbocycles. The van der Waals surface area contributed by atoms with E-state index in [2.05, 4.69) is 15.4 Å². The predicted molar refractivity (Wildman–Crippen MR) is 74.3 cm³/mol. The molecule has 0 fully saturated rings. The highest BCUT2D eigenvalue weighted by atomic mass is 16.5. The van der Waals surface area contributed by atoms with Crippen molar-refractivity contribution in [1.29, 1.82) is 0 Å². The molecule has 0 aliphatic heterocycles. The lowest BCUT2D eigenvalue weighted by atomic mass is 10.2. The van der Waals surface area contributed by atoms with Crippen LogP contribution in [0, 0.1) is 0 Å². The van der Waals surface area contributed by atoms with Crippen molar-refractivity contribution in [3.8, 4) is 5.88 Å². The maximum atomic E-state index is 12.1. The Morgan fingerprint density at radius 1 is 1.45 bits per heavy atom. The van der Waals surface area contributed by atoms with E-state index >= 15 is 0 Å². The van der Waals surface area contributed by atoms with Crippen molar-refractivity contribution in [1.82, 2.24) is 20.1 Å². The molecule has 3 N–H and O–H groups in total. The number of methoxy groups -OCH3 is 1. The minimum Gasteiger partial charge on any atom is -0.481 e. The monoisotopic (exact) mass is 275 g/mol. The summed E-state index contributed by atoms with van der Waals surface area (Å²) in [5, 5.41) is 6.83. The third-order valence-electron chi connectivity index (χ3n) is 2.84. The van der Waals surface area contributed by atoms with Gasteiger partial charge in [-0.2, -0.15) is 5.10 Å². The van der Waals surface area contributed by atoms with Crippen LogP contribution in [0.3, 0.4) is 0 Å². The fourth-order valence-electron chi connectivity index (χ4n) is 1.79. The van der Waals surface area contributed by atoms with Gasteiger partial charge in [0, 0.05) is 25.4 Å². The quantitative estimate of drug-likeness (QED) is 0.842. The van der Waals surface area contributed by atoms with Crippen molar-refractivity contribution in [2.45, 2.75) is 20.0 Å². The number of aromatic nitrogens is 3.